The number of aromatic nitrogens is 3. The molecule has 0 radical (unpaired) electrons. The molecule has 4 rings (SSSR count). The van der Waals surface area contributed by atoms with Crippen LogP contribution in [-0.4, -0.2) is 50.8 Å². The zero-order chi connectivity index (χ0) is 25.9. The summed E-state index contributed by atoms with van der Waals surface area (Å²) in [6, 6.07) is 6.33. The van der Waals surface area contributed by atoms with Crippen LogP contribution in [0.1, 0.15) is 30.4 Å². The molecule has 2 atom stereocenters. The molecule has 36 heavy (non-hydrogen) atoms. The number of likely N-dealkylation sites (tertiary alicyclic amines) is 1. The van der Waals surface area contributed by atoms with Gasteiger partial charge in [-0.1, -0.05) is 0 Å². The molecule has 190 valence electrons. The first-order valence-electron chi connectivity index (χ1n) is 11.3. The second kappa shape index (κ2) is 10.5. The number of pyridine rings is 3. The zero-order valence-electron chi connectivity index (χ0n) is 19.4. The summed E-state index contributed by atoms with van der Waals surface area (Å²) < 4.78 is 48.0. The minimum absolute atomic E-state index is 0.0239. The number of rotatable bonds is 7. The van der Waals surface area contributed by atoms with Gasteiger partial charge in [0, 0.05) is 43.9 Å². The van der Waals surface area contributed by atoms with Crippen molar-refractivity contribution in [3.63, 3.8) is 0 Å². The van der Waals surface area contributed by atoms with Crippen LogP contribution in [-0.2, 0) is 11.3 Å². The van der Waals surface area contributed by atoms with Gasteiger partial charge < -0.3 is 20.8 Å². The minimum Gasteiger partial charge on any atom is -0.437 e. The highest BCUT2D eigenvalue weighted by molar-refractivity contribution is 5.93. The van der Waals surface area contributed by atoms with Gasteiger partial charge in [0.1, 0.15) is 17.4 Å². The first-order chi connectivity index (χ1) is 17.2. The molecule has 0 bridgehead atoms. The second-order valence-corrected chi connectivity index (χ2v) is 8.51. The fourth-order valence-corrected chi connectivity index (χ4v) is 3.98. The van der Waals surface area contributed by atoms with Crippen LogP contribution in [0.5, 0.6) is 11.6 Å². The lowest BCUT2D eigenvalue weighted by Gasteiger charge is -2.40. The van der Waals surface area contributed by atoms with Crippen LogP contribution in [0.25, 0.3) is 0 Å². The van der Waals surface area contributed by atoms with Gasteiger partial charge in [0.15, 0.2) is 0 Å². The van der Waals surface area contributed by atoms with Crippen molar-refractivity contribution in [1.82, 2.24) is 19.9 Å². The van der Waals surface area contributed by atoms with Crippen LogP contribution >= 0.6 is 0 Å². The van der Waals surface area contributed by atoms with Crippen molar-refractivity contribution < 1.29 is 22.7 Å². The number of anilines is 1. The molecular formula is C24H25F3N6O3. The lowest BCUT2D eigenvalue weighted by Crippen LogP contribution is -2.52. The summed E-state index contributed by atoms with van der Waals surface area (Å²) in [4.78, 5) is 36.7. The van der Waals surface area contributed by atoms with Gasteiger partial charge in [-0.05, 0) is 36.8 Å². The molecule has 1 aliphatic heterocycles. The number of hydrogen-bond donors (Lipinski definition) is 3. The number of piperidine rings is 1. The van der Waals surface area contributed by atoms with E-state index in [2.05, 4.69) is 20.3 Å². The predicted molar refractivity (Wildman–Crippen MR) is 125 cm³/mol. The van der Waals surface area contributed by atoms with E-state index in [0.717, 1.165) is 6.20 Å². The maximum atomic E-state index is 14.8. The minimum atomic E-state index is -3.01. The largest absolute Gasteiger partial charge is 0.437 e. The Morgan fingerprint density at radius 1 is 1.31 bits per heavy atom. The van der Waals surface area contributed by atoms with Crippen LogP contribution < -0.4 is 21.3 Å². The van der Waals surface area contributed by atoms with Crippen LogP contribution in [0.4, 0.5) is 19.0 Å². The van der Waals surface area contributed by atoms with E-state index in [9.17, 15) is 22.8 Å². The summed E-state index contributed by atoms with van der Waals surface area (Å²) in [5.74, 6) is -4.36. The second-order valence-electron chi connectivity index (χ2n) is 8.51. The fourth-order valence-electron chi connectivity index (χ4n) is 3.98. The Morgan fingerprint density at radius 3 is 2.78 bits per heavy atom. The number of carbonyl (C=O) groups excluding carboxylic acids is 1. The number of carbonyl (C=O) groups is 1. The third-order valence-electron chi connectivity index (χ3n) is 6.12. The maximum absolute atomic E-state index is 14.8. The van der Waals surface area contributed by atoms with Crippen molar-refractivity contribution >= 4 is 11.7 Å². The van der Waals surface area contributed by atoms with Gasteiger partial charge in [-0.15, -0.1) is 0 Å². The molecule has 4 heterocycles. The van der Waals surface area contributed by atoms with Crippen molar-refractivity contribution in [1.29, 1.82) is 0 Å². The van der Waals surface area contributed by atoms with Gasteiger partial charge in [0.2, 0.25) is 11.8 Å². The molecule has 3 aromatic rings. The Morgan fingerprint density at radius 2 is 2.11 bits per heavy atom. The molecular weight excluding hydrogens is 477 g/mol. The Bertz CT molecular complexity index is 1270. The molecule has 1 unspecified atom stereocenters. The number of hydrogen-bond acceptors (Lipinski definition) is 7. The van der Waals surface area contributed by atoms with E-state index in [1.165, 1.54) is 36.7 Å². The molecule has 3 aromatic heterocycles. The highest BCUT2D eigenvalue weighted by atomic mass is 19.3. The van der Waals surface area contributed by atoms with Crippen molar-refractivity contribution in [3.05, 3.63) is 76.2 Å². The van der Waals surface area contributed by atoms with E-state index < -0.39 is 41.6 Å². The van der Waals surface area contributed by atoms with Gasteiger partial charge in [-0.3, -0.25) is 14.5 Å². The standard InChI is InChI=1S/C24H25F3N6O3/c1-14(22(34)32-20-4-3-18(12-29-20)36-21-5-2-17(25)11-30-21)33-7-6-24(26,27)19(13-33)16-8-15(9-28)23(35)31-10-16/h2-5,8,10-12,14,19H,6-7,9,13,28H2,1H3,(H,31,35)(H,29,32,34)/t14?,19-/m1/s1. The van der Waals surface area contributed by atoms with Crippen LogP contribution in [0.15, 0.2) is 53.7 Å². The Kier molecular flexibility index (Phi) is 7.36. The number of amides is 1. The number of H-pyrrole nitrogens is 1. The average Bonchev–Trinajstić information content (AvgIpc) is 2.86. The SMILES string of the molecule is CC(C(=O)Nc1ccc(Oc2ccc(F)cn2)cn1)N1CCC(F)(F)[C@@H](c2c[nH]c(=O)c(CN)c2)C1. The molecule has 0 saturated carbocycles. The molecule has 0 aliphatic carbocycles. The van der Waals surface area contributed by atoms with Crippen molar-refractivity contribution in [3.8, 4) is 11.6 Å². The normalized spacial score (nSPS) is 18.4. The van der Waals surface area contributed by atoms with Crippen molar-refractivity contribution in [2.45, 2.75) is 37.8 Å². The predicted octanol–water partition coefficient (Wildman–Crippen LogP) is 3.01. The molecule has 0 aromatic carbocycles. The number of aromatic amines is 1. The summed E-state index contributed by atoms with van der Waals surface area (Å²) in [6.07, 6.45) is 3.24. The summed E-state index contributed by atoms with van der Waals surface area (Å²) in [7, 11) is 0. The molecule has 4 N–H and O–H groups in total. The van der Waals surface area contributed by atoms with Crippen LogP contribution in [0.2, 0.25) is 0 Å². The van der Waals surface area contributed by atoms with E-state index in [-0.39, 0.29) is 42.5 Å². The van der Waals surface area contributed by atoms with Gasteiger partial charge in [-0.25, -0.2) is 23.1 Å². The van der Waals surface area contributed by atoms with E-state index in [1.54, 1.807) is 17.9 Å². The van der Waals surface area contributed by atoms with E-state index >= 15 is 0 Å². The van der Waals surface area contributed by atoms with Gasteiger partial charge >= 0.3 is 0 Å². The number of halogens is 3. The quantitative estimate of drug-likeness (QED) is 0.453. The molecule has 1 saturated heterocycles. The molecule has 1 aliphatic rings. The maximum Gasteiger partial charge on any atom is 0.257 e. The molecule has 9 nitrogen and oxygen atoms in total. The number of nitrogens with one attached hydrogen (secondary N) is 2. The van der Waals surface area contributed by atoms with Crippen molar-refractivity contribution in [2.75, 3.05) is 18.4 Å². The smallest absolute Gasteiger partial charge is 0.257 e. The molecule has 1 fully saturated rings. The number of ether oxygens (including phenoxy) is 1. The van der Waals surface area contributed by atoms with Crippen LogP contribution in [0, 0.1) is 5.82 Å². The summed E-state index contributed by atoms with van der Waals surface area (Å²) >= 11 is 0. The third-order valence-corrected chi connectivity index (χ3v) is 6.12. The third kappa shape index (κ3) is 5.71. The first kappa shape index (κ1) is 25.3. The van der Waals surface area contributed by atoms with E-state index in [1.807, 2.05) is 0 Å². The monoisotopic (exact) mass is 502 g/mol. The topological polar surface area (TPSA) is 126 Å². The zero-order valence-corrected chi connectivity index (χ0v) is 19.4. The summed E-state index contributed by atoms with van der Waals surface area (Å²) in [6.45, 7) is 1.51. The van der Waals surface area contributed by atoms with Gasteiger partial charge in [0.05, 0.1) is 24.4 Å². The number of nitrogens with two attached hydrogens (primary N) is 1. The lowest BCUT2D eigenvalue weighted by molar-refractivity contribution is -0.125. The fraction of sp³-hybridized carbons (Fsp3) is 0.333. The number of alkyl halides is 2. The number of nitrogens with zero attached hydrogens (tertiary/aromatic N) is 3. The highest BCUT2D eigenvalue weighted by Gasteiger charge is 2.46. The lowest BCUT2D eigenvalue weighted by atomic mass is 9.86. The highest BCUT2D eigenvalue weighted by Crippen LogP contribution is 2.40. The molecule has 1 amide bonds. The Balaban J connectivity index is 1.40. The Labute approximate surface area is 204 Å². The van der Waals surface area contributed by atoms with E-state index in [4.69, 9.17) is 10.5 Å². The average molecular weight is 502 g/mol. The van der Waals surface area contributed by atoms with Crippen molar-refractivity contribution in [2.24, 2.45) is 5.73 Å². The summed E-state index contributed by atoms with van der Waals surface area (Å²) in [5.41, 5.74) is 5.63. The van der Waals surface area contributed by atoms with E-state index in [0.29, 0.717) is 5.75 Å². The summed E-state index contributed by atoms with van der Waals surface area (Å²) in [5, 5.41) is 2.67. The molecule has 0 spiro atoms. The first-order valence-corrected chi connectivity index (χ1v) is 11.3. The van der Waals surface area contributed by atoms with Gasteiger partial charge in [-0.2, -0.15) is 0 Å². The van der Waals surface area contributed by atoms with Crippen LogP contribution in [0.3, 0.4) is 0 Å². The molecule has 12 heteroatoms. The Hall–Kier alpha value is -3.77. The van der Waals surface area contributed by atoms with Gasteiger partial charge in [0.25, 0.3) is 11.5 Å².